The first kappa shape index (κ1) is 21.4. The molecule has 0 bridgehead atoms. The number of likely N-dealkylation sites (tertiary alicyclic amines) is 1. The maximum atomic E-state index is 13.1. The summed E-state index contributed by atoms with van der Waals surface area (Å²) in [6.07, 6.45) is 6.73. The molecule has 0 N–H and O–H groups in total. The van der Waals surface area contributed by atoms with E-state index in [9.17, 15) is 9.59 Å². The van der Waals surface area contributed by atoms with Gasteiger partial charge in [-0.25, -0.2) is 0 Å². The van der Waals surface area contributed by atoms with Crippen LogP contribution < -0.4 is 4.90 Å². The van der Waals surface area contributed by atoms with Crippen molar-refractivity contribution in [2.75, 3.05) is 37.6 Å². The van der Waals surface area contributed by atoms with Gasteiger partial charge in [-0.05, 0) is 18.4 Å². The minimum absolute atomic E-state index is 0.0786. The Morgan fingerprint density at radius 1 is 1.00 bits per heavy atom. The van der Waals surface area contributed by atoms with Crippen molar-refractivity contribution in [3.63, 3.8) is 0 Å². The second-order valence-corrected chi connectivity index (χ2v) is 10.2. The van der Waals surface area contributed by atoms with E-state index in [2.05, 4.69) is 15.1 Å². The minimum Gasteiger partial charge on any atom is -0.343 e. The summed E-state index contributed by atoms with van der Waals surface area (Å²) in [5, 5.41) is 11.1. The van der Waals surface area contributed by atoms with Crippen molar-refractivity contribution >= 4 is 28.3 Å². The zero-order valence-corrected chi connectivity index (χ0v) is 19.3. The number of carbonyl (C=O) groups is 2. The zero-order chi connectivity index (χ0) is 21.9. The summed E-state index contributed by atoms with van der Waals surface area (Å²) in [6.45, 7) is 4.02. The summed E-state index contributed by atoms with van der Waals surface area (Å²) >= 11 is 1.73. The van der Waals surface area contributed by atoms with Crippen LogP contribution in [0.15, 0.2) is 30.3 Å². The zero-order valence-electron chi connectivity index (χ0n) is 18.5. The van der Waals surface area contributed by atoms with Gasteiger partial charge in [0.25, 0.3) is 0 Å². The van der Waals surface area contributed by atoms with Gasteiger partial charge in [0.15, 0.2) is 0 Å². The number of nitrogens with zero attached hydrogens (tertiary/aromatic N) is 5. The lowest BCUT2D eigenvalue weighted by Gasteiger charge is -2.35. The van der Waals surface area contributed by atoms with E-state index in [-0.39, 0.29) is 17.7 Å². The number of piperazine rings is 1. The van der Waals surface area contributed by atoms with Crippen LogP contribution in [0.3, 0.4) is 0 Å². The lowest BCUT2D eigenvalue weighted by atomic mass is 9.90. The van der Waals surface area contributed by atoms with E-state index < -0.39 is 0 Å². The van der Waals surface area contributed by atoms with Crippen molar-refractivity contribution in [3.05, 3.63) is 40.9 Å². The normalized spacial score (nSPS) is 22.6. The van der Waals surface area contributed by atoms with E-state index in [1.165, 1.54) is 37.1 Å². The highest BCUT2D eigenvalue weighted by molar-refractivity contribution is 7.15. The summed E-state index contributed by atoms with van der Waals surface area (Å²) in [5.41, 5.74) is 1.10. The Morgan fingerprint density at radius 3 is 2.50 bits per heavy atom. The molecule has 1 saturated carbocycles. The SMILES string of the molecule is O=C1CC(C(=O)N2CCN(c3nnc(C4CCCCC4)s3)CC2)CN1Cc1ccccc1. The second-order valence-electron chi connectivity index (χ2n) is 9.23. The van der Waals surface area contributed by atoms with Gasteiger partial charge in [0, 0.05) is 51.6 Å². The van der Waals surface area contributed by atoms with Gasteiger partial charge in [-0.1, -0.05) is 60.9 Å². The Bertz CT molecular complexity index is 935. The Morgan fingerprint density at radius 2 is 1.75 bits per heavy atom. The van der Waals surface area contributed by atoms with Crippen LogP contribution in [0.4, 0.5) is 5.13 Å². The lowest BCUT2D eigenvalue weighted by Crippen LogP contribution is -2.50. The first-order chi connectivity index (χ1) is 15.7. The Hall–Kier alpha value is -2.48. The molecule has 0 radical (unpaired) electrons. The molecule has 1 aliphatic carbocycles. The number of hydrogen-bond acceptors (Lipinski definition) is 6. The van der Waals surface area contributed by atoms with Gasteiger partial charge in [0.1, 0.15) is 5.01 Å². The molecular weight excluding hydrogens is 422 g/mol. The van der Waals surface area contributed by atoms with E-state index in [0.29, 0.717) is 38.5 Å². The van der Waals surface area contributed by atoms with Gasteiger partial charge >= 0.3 is 0 Å². The number of anilines is 1. The first-order valence-electron chi connectivity index (χ1n) is 11.9. The molecule has 32 heavy (non-hydrogen) atoms. The van der Waals surface area contributed by atoms with Crippen LogP contribution >= 0.6 is 11.3 Å². The van der Waals surface area contributed by atoms with Crippen molar-refractivity contribution in [1.29, 1.82) is 0 Å². The van der Waals surface area contributed by atoms with Crippen LogP contribution in [-0.2, 0) is 16.1 Å². The maximum absolute atomic E-state index is 13.1. The molecule has 170 valence electrons. The quantitative estimate of drug-likeness (QED) is 0.695. The lowest BCUT2D eigenvalue weighted by molar-refractivity contribution is -0.136. The summed E-state index contributed by atoms with van der Waals surface area (Å²) in [6, 6.07) is 9.98. The highest BCUT2D eigenvalue weighted by Gasteiger charge is 2.37. The summed E-state index contributed by atoms with van der Waals surface area (Å²) in [4.78, 5) is 31.6. The average molecular weight is 454 g/mol. The number of aromatic nitrogens is 2. The number of amides is 2. The van der Waals surface area contributed by atoms with Gasteiger partial charge in [-0.2, -0.15) is 0 Å². The molecule has 1 aromatic carbocycles. The van der Waals surface area contributed by atoms with Gasteiger partial charge in [-0.15, -0.1) is 10.2 Å². The Kier molecular flexibility index (Phi) is 6.39. The molecule has 8 heteroatoms. The second kappa shape index (κ2) is 9.57. The highest BCUT2D eigenvalue weighted by atomic mass is 32.1. The van der Waals surface area contributed by atoms with Crippen LogP contribution in [-0.4, -0.2) is 64.5 Å². The Balaban J connectivity index is 1.13. The summed E-state index contributed by atoms with van der Waals surface area (Å²) in [7, 11) is 0. The van der Waals surface area contributed by atoms with E-state index in [0.717, 1.165) is 23.8 Å². The molecule has 0 spiro atoms. The third-order valence-electron chi connectivity index (χ3n) is 7.03. The minimum atomic E-state index is -0.225. The van der Waals surface area contributed by atoms with Gasteiger partial charge < -0.3 is 14.7 Å². The van der Waals surface area contributed by atoms with Gasteiger partial charge in [0.05, 0.1) is 5.92 Å². The summed E-state index contributed by atoms with van der Waals surface area (Å²) in [5.74, 6) is 0.553. The van der Waals surface area contributed by atoms with E-state index >= 15 is 0 Å². The van der Waals surface area contributed by atoms with E-state index in [4.69, 9.17) is 0 Å². The maximum Gasteiger partial charge on any atom is 0.228 e. The molecule has 3 aliphatic rings. The van der Waals surface area contributed by atoms with Crippen molar-refractivity contribution in [2.24, 2.45) is 5.92 Å². The third-order valence-corrected chi connectivity index (χ3v) is 8.17. The van der Waals surface area contributed by atoms with Crippen LogP contribution in [0.1, 0.15) is 55.0 Å². The van der Waals surface area contributed by atoms with Crippen LogP contribution in [0.5, 0.6) is 0 Å². The van der Waals surface area contributed by atoms with Crippen molar-refractivity contribution < 1.29 is 9.59 Å². The fourth-order valence-electron chi connectivity index (χ4n) is 5.14. The van der Waals surface area contributed by atoms with Gasteiger partial charge in [-0.3, -0.25) is 9.59 Å². The molecule has 1 atom stereocenters. The van der Waals surface area contributed by atoms with Crippen LogP contribution in [0, 0.1) is 5.92 Å². The number of rotatable bonds is 5. The fourth-order valence-corrected chi connectivity index (χ4v) is 6.20. The molecule has 3 heterocycles. The molecule has 2 saturated heterocycles. The molecule has 1 aromatic heterocycles. The van der Waals surface area contributed by atoms with Gasteiger partial charge in [0.2, 0.25) is 16.9 Å². The van der Waals surface area contributed by atoms with E-state index in [1.807, 2.05) is 40.1 Å². The first-order valence-corrected chi connectivity index (χ1v) is 12.7. The molecule has 3 fully saturated rings. The molecule has 2 amide bonds. The van der Waals surface area contributed by atoms with Crippen molar-refractivity contribution in [3.8, 4) is 0 Å². The van der Waals surface area contributed by atoms with Crippen molar-refractivity contribution in [2.45, 2.75) is 51.0 Å². The fraction of sp³-hybridized carbons (Fsp3) is 0.583. The third kappa shape index (κ3) is 4.65. The molecule has 5 rings (SSSR count). The molecular formula is C24H31N5O2S. The monoisotopic (exact) mass is 453 g/mol. The van der Waals surface area contributed by atoms with Crippen LogP contribution in [0.25, 0.3) is 0 Å². The average Bonchev–Trinajstić information content (AvgIpc) is 3.48. The molecule has 1 unspecified atom stereocenters. The highest BCUT2D eigenvalue weighted by Crippen LogP contribution is 2.36. The number of carbonyl (C=O) groups excluding carboxylic acids is 2. The largest absolute Gasteiger partial charge is 0.343 e. The Labute approximate surface area is 193 Å². The summed E-state index contributed by atoms with van der Waals surface area (Å²) < 4.78 is 0. The smallest absolute Gasteiger partial charge is 0.228 e. The van der Waals surface area contributed by atoms with Crippen molar-refractivity contribution in [1.82, 2.24) is 20.0 Å². The molecule has 2 aromatic rings. The van der Waals surface area contributed by atoms with Crippen LogP contribution in [0.2, 0.25) is 0 Å². The molecule has 2 aliphatic heterocycles. The number of hydrogen-bond donors (Lipinski definition) is 0. The number of benzene rings is 1. The topological polar surface area (TPSA) is 69.6 Å². The van der Waals surface area contributed by atoms with E-state index in [1.54, 1.807) is 11.3 Å². The standard InChI is InChI=1S/C24H31N5O2S/c30-21-15-20(17-29(21)16-18-7-3-1-4-8-18)23(31)27-11-13-28(14-12-27)24-26-25-22(32-24)19-9-5-2-6-10-19/h1,3-4,7-8,19-20H,2,5-6,9-17H2. The molecule has 7 nitrogen and oxygen atoms in total. The predicted octanol–water partition coefficient (Wildman–Crippen LogP) is 3.28. The predicted molar refractivity (Wildman–Crippen MR) is 124 cm³/mol.